The van der Waals surface area contributed by atoms with Gasteiger partial charge in [0.1, 0.15) is 0 Å². The molecule has 1 unspecified atom stereocenters. The highest BCUT2D eigenvalue weighted by molar-refractivity contribution is 5.09. The fraction of sp³-hybridized carbons (Fsp3) is 0.636. The zero-order chi connectivity index (χ0) is 11.3. The highest BCUT2D eigenvalue weighted by atomic mass is 16.5. The largest absolute Gasteiger partial charge is 0.463 e. The molecule has 0 spiro atoms. The van der Waals surface area contributed by atoms with E-state index in [-0.39, 0.29) is 6.10 Å². The third kappa shape index (κ3) is 4.25. The number of nitrogens with zero attached hydrogens (tertiary/aromatic N) is 2. The van der Waals surface area contributed by atoms with E-state index in [1.54, 1.807) is 7.11 Å². The smallest absolute Gasteiger partial charge is 0.316 e. The van der Waals surface area contributed by atoms with Crippen molar-refractivity contribution < 1.29 is 9.47 Å². The lowest BCUT2D eigenvalue weighted by Crippen LogP contribution is -2.11. The fourth-order valence-electron chi connectivity index (χ4n) is 1.13. The first kappa shape index (κ1) is 11.9. The molecular weight excluding hydrogens is 192 g/mol. The number of methoxy groups -OCH3 is 1. The molecule has 0 aliphatic heterocycles. The maximum atomic E-state index is 5.42. The molecule has 0 saturated carbocycles. The topological polar surface area (TPSA) is 44.2 Å². The summed E-state index contributed by atoms with van der Waals surface area (Å²) in [5, 5.41) is 0. The summed E-state index contributed by atoms with van der Waals surface area (Å²) < 4.78 is 10.5. The first-order valence-corrected chi connectivity index (χ1v) is 5.02. The van der Waals surface area contributed by atoms with Crippen LogP contribution in [0.3, 0.4) is 0 Å². The van der Waals surface area contributed by atoms with Gasteiger partial charge in [-0.25, -0.2) is 0 Å². The minimum atomic E-state index is 0.197. The zero-order valence-corrected chi connectivity index (χ0v) is 9.70. The molecule has 0 bridgehead atoms. The van der Waals surface area contributed by atoms with Gasteiger partial charge in [-0.2, -0.15) is 9.97 Å². The van der Waals surface area contributed by atoms with Crippen molar-refractivity contribution in [1.82, 2.24) is 9.97 Å². The Kier molecular flexibility index (Phi) is 4.49. The minimum Gasteiger partial charge on any atom is -0.463 e. The molecule has 0 saturated heterocycles. The zero-order valence-electron chi connectivity index (χ0n) is 9.70. The highest BCUT2D eigenvalue weighted by Crippen LogP contribution is 2.06. The number of aromatic nitrogens is 2. The van der Waals surface area contributed by atoms with E-state index in [1.807, 2.05) is 20.8 Å². The van der Waals surface area contributed by atoms with Crippen LogP contribution in [0.1, 0.15) is 24.7 Å². The summed E-state index contributed by atoms with van der Waals surface area (Å²) in [6, 6.07) is 3.42. The van der Waals surface area contributed by atoms with Crippen molar-refractivity contribution in [3.63, 3.8) is 0 Å². The Balaban J connectivity index is 2.43. The number of hydrogen-bond donors (Lipinski definition) is 0. The molecule has 0 aliphatic rings. The second kappa shape index (κ2) is 5.66. The van der Waals surface area contributed by atoms with Crippen LogP contribution in [-0.2, 0) is 4.74 Å². The number of aryl methyl sites for hydroxylation is 2. The van der Waals surface area contributed by atoms with Crippen molar-refractivity contribution in [2.45, 2.75) is 33.3 Å². The van der Waals surface area contributed by atoms with Gasteiger partial charge in [-0.15, -0.1) is 0 Å². The van der Waals surface area contributed by atoms with Gasteiger partial charge in [0.15, 0.2) is 0 Å². The SMILES string of the molecule is COC(C)CCOc1nc(C)[c]c(C)n1. The van der Waals surface area contributed by atoms with Gasteiger partial charge in [0.2, 0.25) is 0 Å². The molecule has 1 atom stereocenters. The molecule has 0 amide bonds. The molecule has 4 nitrogen and oxygen atoms in total. The average molecular weight is 209 g/mol. The van der Waals surface area contributed by atoms with Crippen LogP contribution in [0.5, 0.6) is 6.01 Å². The summed E-state index contributed by atoms with van der Waals surface area (Å²) >= 11 is 0. The second-order valence-corrected chi connectivity index (χ2v) is 3.49. The van der Waals surface area contributed by atoms with E-state index >= 15 is 0 Å². The van der Waals surface area contributed by atoms with Gasteiger partial charge in [-0.1, -0.05) is 0 Å². The Morgan fingerprint density at radius 2 is 1.87 bits per heavy atom. The minimum absolute atomic E-state index is 0.197. The van der Waals surface area contributed by atoms with Crippen LogP contribution in [0, 0.1) is 19.9 Å². The van der Waals surface area contributed by atoms with E-state index in [0.717, 1.165) is 17.8 Å². The fourth-order valence-corrected chi connectivity index (χ4v) is 1.13. The lowest BCUT2D eigenvalue weighted by Gasteiger charge is -2.09. The van der Waals surface area contributed by atoms with Gasteiger partial charge < -0.3 is 9.47 Å². The molecule has 1 aromatic heterocycles. The van der Waals surface area contributed by atoms with Crippen LogP contribution in [0.4, 0.5) is 0 Å². The Morgan fingerprint density at radius 1 is 1.27 bits per heavy atom. The first-order valence-electron chi connectivity index (χ1n) is 5.02. The van der Waals surface area contributed by atoms with Crippen molar-refractivity contribution in [3.8, 4) is 6.01 Å². The standard InChI is InChI=1S/C11H17N2O2/c1-8-7-9(2)13-11(12-8)15-6-5-10(3)14-4/h10H,5-6H2,1-4H3. The van der Waals surface area contributed by atoms with Gasteiger partial charge in [-0.3, -0.25) is 0 Å². The molecule has 4 heteroatoms. The summed E-state index contributed by atoms with van der Waals surface area (Å²) in [6.07, 6.45) is 1.03. The van der Waals surface area contributed by atoms with E-state index in [2.05, 4.69) is 16.0 Å². The molecule has 1 aromatic rings. The highest BCUT2D eigenvalue weighted by Gasteiger charge is 2.03. The predicted octanol–water partition coefficient (Wildman–Crippen LogP) is 1.70. The van der Waals surface area contributed by atoms with E-state index in [9.17, 15) is 0 Å². The van der Waals surface area contributed by atoms with Gasteiger partial charge >= 0.3 is 6.01 Å². The van der Waals surface area contributed by atoms with Gasteiger partial charge in [-0.05, 0) is 20.8 Å². The molecular formula is C11H17N2O2. The third-order valence-corrected chi connectivity index (χ3v) is 2.05. The molecule has 1 heterocycles. The van der Waals surface area contributed by atoms with Crippen molar-refractivity contribution in [3.05, 3.63) is 17.5 Å². The summed E-state index contributed by atoms with van der Waals surface area (Å²) in [5.41, 5.74) is 1.61. The number of rotatable bonds is 5. The average Bonchev–Trinajstić information content (AvgIpc) is 2.16. The lowest BCUT2D eigenvalue weighted by molar-refractivity contribution is 0.0939. The van der Waals surface area contributed by atoms with Crippen molar-refractivity contribution in [1.29, 1.82) is 0 Å². The van der Waals surface area contributed by atoms with Crippen LogP contribution in [0.25, 0.3) is 0 Å². The maximum absolute atomic E-state index is 5.42. The monoisotopic (exact) mass is 209 g/mol. The lowest BCUT2D eigenvalue weighted by atomic mass is 10.3. The van der Waals surface area contributed by atoms with Crippen molar-refractivity contribution in [2.24, 2.45) is 0 Å². The van der Waals surface area contributed by atoms with Gasteiger partial charge in [0.05, 0.1) is 24.1 Å². The van der Waals surface area contributed by atoms with Gasteiger partial charge in [0, 0.05) is 19.6 Å². The Labute approximate surface area is 90.7 Å². The molecule has 0 aromatic carbocycles. The molecule has 1 rings (SSSR count). The van der Waals surface area contributed by atoms with Crippen molar-refractivity contribution in [2.75, 3.05) is 13.7 Å². The van der Waals surface area contributed by atoms with Crippen LogP contribution in [0.15, 0.2) is 0 Å². The van der Waals surface area contributed by atoms with E-state index < -0.39 is 0 Å². The van der Waals surface area contributed by atoms with Crippen LogP contribution in [-0.4, -0.2) is 29.8 Å². The predicted molar refractivity (Wildman–Crippen MR) is 56.9 cm³/mol. The second-order valence-electron chi connectivity index (χ2n) is 3.49. The molecule has 15 heavy (non-hydrogen) atoms. The van der Waals surface area contributed by atoms with Crippen LogP contribution in [0.2, 0.25) is 0 Å². The van der Waals surface area contributed by atoms with Crippen LogP contribution < -0.4 is 4.74 Å². The quantitative estimate of drug-likeness (QED) is 0.740. The van der Waals surface area contributed by atoms with Gasteiger partial charge in [0.25, 0.3) is 0 Å². The molecule has 1 radical (unpaired) electrons. The maximum Gasteiger partial charge on any atom is 0.316 e. The van der Waals surface area contributed by atoms with E-state index in [0.29, 0.717) is 12.6 Å². The molecule has 0 fully saturated rings. The van der Waals surface area contributed by atoms with E-state index in [4.69, 9.17) is 9.47 Å². The molecule has 0 aliphatic carbocycles. The summed E-state index contributed by atoms with van der Waals surface area (Å²) in [6.45, 7) is 6.32. The summed E-state index contributed by atoms with van der Waals surface area (Å²) in [4.78, 5) is 8.25. The third-order valence-electron chi connectivity index (χ3n) is 2.05. The molecule has 0 N–H and O–H groups in total. The Bertz CT molecular complexity index is 295. The Morgan fingerprint density at radius 3 is 2.40 bits per heavy atom. The summed E-state index contributed by atoms with van der Waals surface area (Å²) in [7, 11) is 1.69. The normalized spacial score (nSPS) is 12.5. The summed E-state index contributed by atoms with van der Waals surface area (Å²) in [5.74, 6) is 0. The number of hydrogen-bond acceptors (Lipinski definition) is 4. The first-order chi connectivity index (χ1) is 7.11. The van der Waals surface area contributed by atoms with Crippen LogP contribution >= 0.6 is 0 Å². The van der Waals surface area contributed by atoms with Crippen molar-refractivity contribution >= 4 is 0 Å². The number of ether oxygens (including phenoxy) is 2. The Hall–Kier alpha value is -1.16. The molecule has 83 valence electrons. The van der Waals surface area contributed by atoms with E-state index in [1.165, 1.54) is 0 Å².